The van der Waals surface area contributed by atoms with Gasteiger partial charge in [0.2, 0.25) is 5.88 Å². The molecule has 0 amide bonds. The minimum atomic E-state index is 0.401. The second-order valence-electron chi connectivity index (χ2n) is 3.67. The van der Waals surface area contributed by atoms with Crippen molar-refractivity contribution in [3.05, 3.63) is 11.3 Å². The first-order valence-electron chi connectivity index (χ1n) is 4.90. The summed E-state index contributed by atoms with van der Waals surface area (Å²) in [5.41, 5.74) is 7.81. The lowest BCUT2D eigenvalue weighted by atomic mass is 10.0. The van der Waals surface area contributed by atoms with Gasteiger partial charge in [0.15, 0.2) is 0 Å². The first-order chi connectivity index (χ1) is 6.16. The number of rotatable bonds is 4. The van der Waals surface area contributed by atoms with Crippen LogP contribution in [0.3, 0.4) is 0 Å². The number of hydrogen-bond donors (Lipinski definition) is 1. The molecule has 0 unspecified atom stereocenters. The number of unbranched alkanes of at least 4 members (excludes halogenated alkanes) is 1. The largest absolute Gasteiger partial charge is 0.367 e. The first-order valence-corrected chi connectivity index (χ1v) is 4.90. The van der Waals surface area contributed by atoms with Gasteiger partial charge in [-0.25, -0.2) is 0 Å². The van der Waals surface area contributed by atoms with Crippen LogP contribution in [0.15, 0.2) is 4.52 Å². The maximum absolute atomic E-state index is 5.68. The minimum Gasteiger partial charge on any atom is -0.367 e. The van der Waals surface area contributed by atoms with E-state index in [2.05, 4.69) is 25.9 Å². The Balaban J connectivity index is 2.81. The molecular weight excluding hydrogens is 164 g/mol. The van der Waals surface area contributed by atoms with Crippen molar-refractivity contribution in [1.29, 1.82) is 0 Å². The molecule has 1 rings (SSSR count). The quantitative estimate of drug-likeness (QED) is 0.778. The number of hydrogen-bond acceptors (Lipinski definition) is 3. The van der Waals surface area contributed by atoms with Crippen molar-refractivity contribution in [2.45, 2.75) is 46.0 Å². The van der Waals surface area contributed by atoms with Gasteiger partial charge in [-0.05, 0) is 18.8 Å². The van der Waals surface area contributed by atoms with Crippen LogP contribution < -0.4 is 5.73 Å². The molecule has 0 spiro atoms. The Morgan fingerprint density at radius 1 is 1.46 bits per heavy atom. The van der Waals surface area contributed by atoms with Crippen LogP contribution in [0.4, 0.5) is 5.88 Å². The van der Waals surface area contributed by atoms with E-state index in [1.54, 1.807) is 0 Å². The van der Waals surface area contributed by atoms with Crippen molar-refractivity contribution < 1.29 is 4.52 Å². The Kier molecular flexibility index (Phi) is 3.34. The third-order valence-electron chi connectivity index (χ3n) is 2.18. The molecule has 0 fully saturated rings. The third-order valence-corrected chi connectivity index (χ3v) is 2.18. The molecule has 3 nitrogen and oxygen atoms in total. The number of nitrogen functional groups attached to an aromatic ring is 1. The smallest absolute Gasteiger partial charge is 0.225 e. The highest BCUT2D eigenvalue weighted by Gasteiger charge is 2.15. The molecule has 1 aromatic heterocycles. The van der Waals surface area contributed by atoms with E-state index in [0.717, 1.165) is 24.1 Å². The van der Waals surface area contributed by atoms with Crippen molar-refractivity contribution in [1.82, 2.24) is 5.16 Å². The normalized spacial score (nSPS) is 11.1. The van der Waals surface area contributed by atoms with Crippen LogP contribution in [0.2, 0.25) is 0 Å². The lowest BCUT2D eigenvalue weighted by Gasteiger charge is -2.03. The van der Waals surface area contributed by atoms with E-state index in [4.69, 9.17) is 10.3 Å². The molecule has 0 aliphatic rings. The van der Waals surface area contributed by atoms with Crippen LogP contribution in [0.5, 0.6) is 0 Å². The topological polar surface area (TPSA) is 52.0 Å². The number of nitrogens with two attached hydrogens (primary N) is 1. The van der Waals surface area contributed by atoms with Crippen molar-refractivity contribution in [2.24, 2.45) is 0 Å². The third kappa shape index (κ3) is 2.23. The van der Waals surface area contributed by atoms with Crippen molar-refractivity contribution in [3.63, 3.8) is 0 Å². The second kappa shape index (κ2) is 4.30. The van der Waals surface area contributed by atoms with Gasteiger partial charge in [-0.3, -0.25) is 0 Å². The van der Waals surface area contributed by atoms with E-state index in [1.807, 2.05) is 0 Å². The predicted molar refractivity (Wildman–Crippen MR) is 53.6 cm³/mol. The van der Waals surface area contributed by atoms with E-state index in [9.17, 15) is 0 Å². The zero-order chi connectivity index (χ0) is 9.84. The Labute approximate surface area is 79.3 Å². The number of anilines is 1. The fraction of sp³-hybridized carbons (Fsp3) is 0.700. The van der Waals surface area contributed by atoms with E-state index >= 15 is 0 Å². The Bertz CT molecular complexity index is 266. The summed E-state index contributed by atoms with van der Waals surface area (Å²) in [5, 5.41) is 3.97. The average molecular weight is 182 g/mol. The highest BCUT2D eigenvalue weighted by Crippen LogP contribution is 2.26. The van der Waals surface area contributed by atoms with E-state index in [0.29, 0.717) is 11.8 Å². The molecule has 0 saturated carbocycles. The van der Waals surface area contributed by atoms with Gasteiger partial charge in [-0.2, -0.15) is 0 Å². The summed E-state index contributed by atoms with van der Waals surface area (Å²) >= 11 is 0. The van der Waals surface area contributed by atoms with Crippen LogP contribution in [0.25, 0.3) is 0 Å². The van der Waals surface area contributed by atoms with Gasteiger partial charge in [0.25, 0.3) is 0 Å². The minimum absolute atomic E-state index is 0.401. The molecule has 1 aromatic rings. The lowest BCUT2D eigenvalue weighted by Crippen LogP contribution is -1.97. The van der Waals surface area contributed by atoms with Crippen LogP contribution >= 0.6 is 0 Å². The van der Waals surface area contributed by atoms with Gasteiger partial charge >= 0.3 is 0 Å². The van der Waals surface area contributed by atoms with Gasteiger partial charge in [-0.1, -0.05) is 32.3 Å². The molecule has 0 aromatic carbocycles. The van der Waals surface area contributed by atoms with Gasteiger partial charge in [0.1, 0.15) is 0 Å². The highest BCUT2D eigenvalue weighted by atomic mass is 16.5. The molecule has 3 heteroatoms. The summed E-state index contributed by atoms with van der Waals surface area (Å²) in [6, 6.07) is 0. The maximum atomic E-state index is 5.68. The molecule has 13 heavy (non-hydrogen) atoms. The monoisotopic (exact) mass is 182 g/mol. The fourth-order valence-corrected chi connectivity index (χ4v) is 1.49. The molecule has 0 bridgehead atoms. The van der Waals surface area contributed by atoms with Crippen molar-refractivity contribution >= 4 is 5.88 Å². The summed E-state index contributed by atoms with van der Waals surface area (Å²) < 4.78 is 4.98. The van der Waals surface area contributed by atoms with Crippen LogP contribution in [-0.2, 0) is 6.42 Å². The zero-order valence-electron chi connectivity index (χ0n) is 8.63. The first kappa shape index (κ1) is 10.1. The highest BCUT2D eigenvalue weighted by molar-refractivity contribution is 5.41. The second-order valence-corrected chi connectivity index (χ2v) is 3.67. The van der Waals surface area contributed by atoms with Crippen molar-refractivity contribution in [2.75, 3.05) is 5.73 Å². The fourth-order valence-electron chi connectivity index (χ4n) is 1.49. The number of aromatic nitrogens is 1. The molecule has 0 aliphatic carbocycles. The van der Waals surface area contributed by atoms with Crippen LogP contribution in [0, 0.1) is 0 Å². The molecule has 0 radical (unpaired) electrons. The zero-order valence-corrected chi connectivity index (χ0v) is 8.63. The number of aryl methyl sites for hydroxylation is 1. The van der Waals surface area contributed by atoms with Gasteiger partial charge in [0, 0.05) is 5.56 Å². The molecule has 2 N–H and O–H groups in total. The van der Waals surface area contributed by atoms with E-state index < -0.39 is 0 Å². The SMILES string of the molecule is CCCCc1noc(N)c1C(C)C. The van der Waals surface area contributed by atoms with E-state index in [1.165, 1.54) is 6.42 Å². The van der Waals surface area contributed by atoms with Crippen LogP contribution in [-0.4, -0.2) is 5.16 Å². The van der Waals surface area contributed by atoms with Crippen LogP contribution in [0.1, 0.15) is 50.8 Å². The molecule has 0 atom stereocenters. The van der Waals surface area contributed by atoms with Gasteiger partial charge < -0.3 is 10.3 Å². The maximum Gasteiger partial charge on any atom is 0.225 e. The lowest BCUT2D eigenvalue weighted by molar-refractivity contribution is 0.426. The molecule has 0 aliphatic heterocycles. The summed E-state index contributed by atoms with van der Waals surface area (Å²) in [6.07, 6.45) is 3.29. The Hall–Kier alpha value is -0.990. The predicted octanol–water partition coefficient (Wildman–Crippen LogP) is 2.72. The Morgan fingerprint density at radius 2 is 2.15 bits per heavy atom. The average Bonchev–Trinajstić information content (AvgIpc) is 2.43. The van der Waals surface area contributed by atoms with Gasteiger partial charge in [-0.15, -0.1) is 0 Å². The summed E-state index contributed by atoms with van der Waals surface area (Å²) in [5.74, 6) is 0.888. The molecule has 1 heterocycles. The van der Waals surface area contributed by atoms with E-state index in [-0.39, 0.29) is 0 Å². The summed E-state index contributed by atoms with van der Waals surface area (Å²) in [6.45, 7) is 6.38. The molecule has 0 saturated heterocycles. The molecular formula is C10H18N2O. The number of nitrogens with zero attached hydrogens (tertiary/aromatic N) is 1. The van der Waals surface area contributed by atoms with Crippen molar-refractivity contribution in [3.8, 4) is 0 Å². The Morgan fingerprint density at radius 3 is 2.69 bits per heavy atom. The molecule has 74 valence electrons. The summed E-state index contributed by atoms with van der Waals surface area (Å²) in [4.78, 5) is 0. The summed E-state index contributed by atoms with van der Waals surface area (Å²) in [7, 11) is 0. The standard InChI is InChI=1S/C10H18N2O/c1-4-5-6-8-9(7(2)3)10(11)13-12-8/h7H,4-6,11H2,1-3H3. The van der Waals surface area contributed by atoms with Gasteiger partial charge in [0.05, 0.1) is 5.69 Å².